The van der Waals surface area contributed by atoms with Crippen LogP contribution in [0.25, 0.3) is 22.1 Å². The van der Waals surface area contributed by atoms with Gasteiger partial charge in [0.15, 0.2) is 0 Å². The van der Waals surface area contributed by atoms with Crippen LogP contribution in [0.4, 0.5) is 0 Å². The number of hydrogen-bond acceptors (Lipinski definition) is 4. The highest BCUT2D eigenvalue weighted by Gasteiger charge is 2.17. The molecule has 0 spiro atoms. The molecule has 128 valence electrons. The van der Waals surface area contributed by atoms with E-state index in [1.54, 1.807) is 36.4 Å². The van der Waals surface area contributed by atoms with Gasteiger partial charge in [-0.15, -0.1) is 0 Å². The second-order valence-electron chi connectivity index (χ2n) is 6.13. The Morgan fingerprint density at radius 3 is 2.23 bits per heavy atom. The van der Waals surface area contributed by atoms with Crippen molar-refractivity contribution in [2.45, 2.75) is 6.42 Å². The van der Waals surface area contributed by atoms with Gasteiger partial charge in [0.1, 0.15) is 17.1 Å². The molecular formula is C22H16O4. The summed E-state index contributed by atoms with van der Waals surface area (Å²) in [7, 11) is 0. The van der Waals surface area contributed by atoms with Crippen LogP contribution >= 0.6 is 0 Å². The first kappa shape index (κ1) is 16.0. The van der Waals surface area contributed by atoms with Crippen LogP contribution in [0, 0.1) is 0 Å². The number of hydrogen-bond donors (Lipinski definition) is 2. The monoisotopic (exact) mass is 344 g/mol. The third-order valence-corrected chi connectivity index (χ3v) is 4.38. The number of rotatable bonds is 3. The van der Waals surface area contributed by atoms with Gasteiger partial charge in [-0.3, -0.25) is 0 Å². The maximum Gasteiger partial charge on any atom is 0.344 e. The van der Waals surface area contributed by atoms with E-state index in [4.69, 9.17) is 4.42 Å². The van der Waals surface area contributed by atoms with Gasteiger partial charge in [-0.2, -0.15) is 0 Å². The number of aromatic hydroxyl groups is 2. The molecule has 0 aliphatic carbocycles. The van der Waals surface area contributed by atoms with Crippen LogP contribution in [0.5, 0.6) is 11.5 Å². The molecule has 26 heavy (non-hydrogen) atoms. The summed E-state index contributed by atoms with van der Waals surface area (Å²) in [4.78, 5) is 12.7. The van der Waals surface area contributed by atoms with Crippen LogP contribution in [0.1, 0.15) is 11.1 Å². The van der Waals surface area contributed by atoms with Crippen LogP contribution in [-0.2, 0) is 6.42 Å². The molecule has 2 N–H and O–H groups in total. The second kappa shape index (κ2) is 6.41. The first-order valence-corrected chi connectivity index (χ1v) is 8.24. The normalized spacial score (nSPS) is 10.9. The fourth-order valence-corrected chi connectivity index (χ4v) is 3.16. The molecule has 0 aliphatic heterocycles. The van der Waals surface area contributed by atoms with Gasteiger partial charge in [-0.05, 0) is 47.4 Å². The van der Waals surface area contributed by atoms with Crippen LogP contribution in [0.15, 0.2) is 82.0 Å². The smallest absolute Gasteiger partial charge is 0.344 e. The van der Waals surface area contributed by atoms with Gasteiger partial charge in [0, 0.05) is 11.5 Å². The van der Waals surface area contributed by atoms with Crippen molar-refractivity contribution in [2.75, 3.05) is 0 Å². The summed E-state index contributed by atoms with van der Waals surface area (Å²) in [6, 6.07) is 21.1. The van der Waals surface area contributed by atoms with Gasteiger partial charge in [-0.25, -0.2) is 4.79 Å². The van der Waals surface area contributed by atoms with Crippen molar-refractivity contribution >= 4 is 11.0 Å². The lowest BCUT2D eigenvalue weighted by atomic mass is 9.93. The highest BCUT2D eigenvalue weighted by molar-refractivity contribution is 5.88. The largest absolute Gasteiger partial charge is 0.508 e. The van der Waals surface area contributed by atoms with E-state index in [0.717, 1.165) is 16.5 Å². The van der Waals surface area contributed by atoms with Crippen molar-refractivity contribution in [2.24, 2.45) is 0 Å². The predicted molar refractivity (Wildman–Crippen MR) is 100 cm³/mol. The molecule has 4 nitrogen and oxygen atoms in total. The third-order valence-electron chi connectivity index (χ3n) is 4.38. The highest BCUT2D eigenvalue weighted by atomic mass is 16.4. The minimum Gasteiger partial charge on any atom is -0.508 e. The Balaban J connectivity index is 2.01. The zero-order valence-electron chi connectivity index (χ0n) is 13.8. The van der Waals surface area contributed by atoms with E-state index in [9.17, 15) is 15.0 Å². The molecule has 0 saturated heterocycles. The molecule has 0 atom stereocenters. The van der Waals surface area contributed by atoms with Gasteiger partial charge in [0.05, 0.1) is 5.56 Å². The van der Waals surface area contributed by atoms with E-state index in [1.165, 1.54) is 6.07 Å². The van der Waals surface area contributed by atoms with E-state index in [-0.39, 0.29) is 11.5 Å². The first-order valence-electron chi connectivity index (χ1n) is 8.24. The summed E-state index contributed by atoms with van der Waals surface area (Å²) < 4.78 is 5.46. The zero-order valence-corrected chi connectivity index (χ0v) is 13.8. The molecule has 3 aromatic carbocycles. The van der Waals surface area contributed by atoms with Crippen molar-refractivity contribution in [1.82, 2.24) is 0 Å². The lowest BCUT2D eigenvalue weighted by molar-refractivity contribution is 0.472. The molecule has 0 amide bonds. The van der Waals surface area contributed by atoms with Crippen molar-refractivity contribution in [3.8, 4) is 22.6 Å². The molecule has 0 radical (unpaired) electrons. The summed E-state index contributed by atoms with van der Waals surface area (Å²) >= 11 is 0. The molecule has 4 aromatic rings. The number of phenolic OH excluding ortho intramolecular Hbond substituents is 2. The fraction of sp³-hybridized carbons (Fsp3) is 0.0455. The van der Waals surface area contributed by atoms with Gasteiger partial charge in [0.25, 0.3) is 0 Å². The van der Waals surface area contributed by atoms with Crippen molar-refractivity contribution in [3.05, 3.63) is 94.3 Å². The maximum absolute atomic E-state index is 12.7. The molecule has 0 saturated carbocycles. The SMILES string of the molecule is O=c1oc2cc(O)ccc2c(Cc2ccccc2)c1-c1ccc(O)cc1. The Kier molecular flexibility index (Phi) is 3.93. The average molecular weight is 344 g/mol. The Morgan fingerprint density at radius 2 is 1.50 bits per heavy atom. The average Bonchev–Trinajstić information content (AvgIpc) is 2.63. The van der Waals surface area contributed by atoms with E-state index < -0.39 is 5.63 Å². The Bertz CT molecular complexity index is 1130. The molecule has 4 heteroatoms. The van der Waals surface area contributed by atoms with E-state index in [2.05, 4.69) is 0 Å². The predicted octanol–water partition coefficient (Wildman–Crippen LogP) is 4.46. The summed E-state index contributed by atoms with van der Waals surface area (Å²) in [5.74, 6) is 0.178. The standard InChI is InChI=1S/C22H16O4/c23-16-8-6-15(7-9-16)21-19(12-14-4-2-1-3-5-14)18-11-10-17(24)13-20(18)26-22(21)25/h1-11,13,23-24H,12H2. The van der Waals surface area contributed by atoms with Crippen LogP contribution in [-0.4, -0.2) is 10.2 Å². The van der Waals surface area contributed by atoms with E-state index in [1.807, 2.05) is 30.3 Å². The molecular weight excluding hydrogens is 328 g/mol. The molecule has 1 heterocycles. The highest BCUT2D eigenvalue weighted by Crippen LogP contribution is 2.31. The van der Waals surface area contributed by atoms with E-state index in [0.29, 0.717) is 23.1 Å². The van der Waals surface area contributed by atoms with Gasteiger partial charge < -0.3 is 14.6 Å². The Morgan fingerprint density at radius 1 is 0.808 bits per heavy atom. The van der Waals surface area contributed by atoms with E-state index >= 15 is 0 Å². The lowest BCUT2D eigenvalue weighted by Crippen LogP contribution is -2.08. The van der Waals surface area contributed by atoms with Crippen LogP contribution in [0.3, 0.4) is 0 Å². The van der Waals surface area contributed by atoms with Crippen molar-refractivity contribution in [3.63, 3.8) is 0 Å². The fourth-order valence-electron chi connectivity index (χ4n) is 3.16. The molecule has 4 rings (SSSR count). The number of fused-ring (bicyclic) bond motifs is 1. The van der Waals surface area contributed by atoms with Gasteiger partial charge >= 0.3 is 5.63 Å². The molecule has 0 unspecified atom stereocenters. The summed E-state index contributed by atoms with van der Waals surface area (Å²) in [6.45, 7) is 0. The summed E-state index contributed by atoms with van der Waals surface area (Å²) in [5, 5.41) is 20.1. The second-order valence-corrected chi connectivity index (χ2v) is 6.13. The van der Waals surface area contributed by atoms with Crippen LogP contribution < -0.4 is 5.63 Å². The lowest BCUT2D eigenvalue weighted by Gasteiger charge is -2.12. The quantitative estimate of drug-likeness (QED) is 0.538. The van der Waals surface area contributed by atoms with Crippen LogP contribution in [0.2, 0.25) is 0 Å². The third kappa shape index (κ3) is 2.93. The maximum atomic E-state index is 12.7. The number of phenols is 2. The Labute approximate surface area is 149 Å². The minimum atomic E-state index is -0.472. The Hall–Kier alpha value is -3.53. The summed E-state index contributed by atoms with van der Waals surface area (Å²) in [5.41, 5.74) is 2.91. The van der Waals surface area contributed by atoms with Gasteiger partial charge in [0.2, 0.25) is 0 Å². The number of benzene rings is 3. The van der Waals surface area contributed by atoms with Crippen molar-refractivity contribution < 1.29 is 14.6 Å². The zero-order chi connectivity index (χ0) is 18.1. The molecule has 1 aromatic heterocycles. The topological polar surface area (TPSA) is 70.7 Å². The van der Waals surface area contributed by atoms with Gasteiger partial charge in [-0.1, -0.05) is 42.5 Å². The molecule has 0 aliphatic rings. The molecule has 0 fully saturated rings. The van der Waals surface area contributed by atoms with Crippen molar-refractivity contribution in [1.29, 1.82) is 0 Å². The first-order chi connectivity index (χ1) is 12.6. The minimum absolute atomic E-state index is 0.0451. The molecule has 0 bridgehead atoms. The summed E-state index contributed by atoms with van der Waals surface area (Å²) in [6.07, 6.45) is 0.546.